The summed E-state index contributed by atoms with van der Waals surface area (Å²) in [6, 6.07) is 14.3. The number of carbonyl (C=O) groups excluding carboxylic acids is 1. The van der Waals surface area contributed by atoms with Gasteiger partial charge in [0.15, 0.2) is 6.10 Å². The summed E-state index contributed by atoms with van der Waals surface area (Å²) in [4.78, 5) is 18.0. The second kappa shape index (κ2) is 9.84. The fourth-order valence-corrected chi connectivity index (χ4v) is 6.41. The van der Waals surface area contributed by atoms with Crippen LogP contribution in [-0.4, -0.2) is 54.3 Å². The van der Waals surface area contributed by atoms with Gasteiger partial charge in [-0.1, -0.05) is 56.0 Å². The van der Waals surface area contributed by atoms with Crippen molar-refractivity contribution in [3.8, 4) is 5.75 Å². The minimum Gasteiger partial charge on any atom is -0.486 e. The lowest BCUT2D eigenvalue weighted by Gasteiger charge is -2.52. The molecule has 1 atom stereocenters. The van der Waals surface area contributed by atoms with E-state index in [9.17, 15) is 4.79 Å². The van der Waals surface area contributed by atoms with Crippen molar-refractivity contribution in [1.82, 2.24) is 4.98 Å². The van der Waals surface area contributed by atoms with Crippen LogP contribution in [0.1, 0.15) is 56.9 Å². The Bertz CT molecular complexity index is 901. The highest BCUT2D eigenvalue weighted by molar-refractivity contribution is 5.83. The molecule has 1 aliphatic carbocycles. The number of nitrogens with zero attached hydrogens (tertiary/aromatic N) is 2. The van der Waals surface area contributed by atoms with Crippen LogP contribution in [-0.2, 0) is 14.9 Å². The fourth-order valence-electron chi connectivity index (χ4n) is 6.41. The Morgan fingerprint density at radius 1 is 1.00 bits per heavy atom. The molecular weight excluding hydrogens is 412 g/mol. The minimum atomic E-state index is -0.474. The number of piperidine rings is 3. The van der Waals surface area contributed by atoms with Gasteiger partial charge >= 0.3 is 5.97 Å². The predicted octanol–water partition coefficient (Wildman–Crippen LogP) is 4.90. The van der Waals surface area contributed by atoms with Crippen LogP contribution < -0.4 is 4.74 Å². The van der Waals surface area contributed by atoms with Crippen molar-refractivity contribution in [2.45, 2.75) is 62.9 Å². The van der Waals surface area contributed by atoms with Crippen LogP contribution in [0.2, 0.25) is 0 Å². The molecular formula is C28H37N2O3+. The Morgan fingerprint density at radius 3 is 2.45 bits per heavy atom. The maximum absolute atomic E-state index is 13.9. The van der Waals surface area contributed by atoms with Gasteiger partial charge in [-0.25, -0.2) is 0 Å². The van der Waals surface area contributed by atoms with Gasteiger partial charge < -0.3 is 14.0 Å². The Morgan fingerprint density at radius 2 is 1.76 bits per heavy atom. The summed E-state index contributed by atoms with van der Waals surface area (Å²) in [5.41, 5.74) is 0.671. The molecule has 1 aromatic carbocycles. The molecule has 2 bridgehead atoms. The molecule has 6 rings (SSSR count). The Hall–Kier alpha value is -2.40. The number of carbonyl (C=O) groups is 1. The monoisotopic (exact) mass is 449 g/mol. The fraction of sp³-hybridized carbons (Fsp3) is 0.571. The number of hydrogen-bond acceptors (Lipinski definition) is 4. The van der Waals surface area contributed by atoms with E-state index in [0.717, 1.165) is 67.4 Å². The first-order valence-corrected chi connectivity index (χ1v) is 12.8. The third-order valence-corrected chi connectivity index (χ3v) is 8.44. The SMILES string of the molecule is O=C(OC1C[N+]2(CCOc3cccnc3)CCC1CC2)C1(c2ccccc2)CCCCCC1. The third-order valence-electron chi connectivity index (χ3n) is 8.44. The first kappa shape index (κ1) is 22.4. The van der Waals surface area contributed by atoms with Gasteiger partial charge in [-0.05, 0) is 30.5 Å². The molecule has 2 aromatic rings. The maximum atomic E-state index is 13.9. The van der Waals surface area contributed by atoms with Crippen LogP contribution >= 0.6 is 0 Å². The van der Waals surface area contributed by atoms with Gasteiger partial charge in [0.1, 0.15) is 25.4 Å². The molecule has 0 N–H and O–H groups in total. The molecule has 1 saturated carbocycles. The van der Waals surface area contributed by atoms with Gasteiger partial charge in [0.05, 0.1) is 24.7 Å². The summed E-state index contributed by atoms with van der Waals surface area (Å²) in [5.74, 6) is 1.36. The molecule has 3 aliphatic heterocycles. The zero-order valence-electron chi connectivity index (χ0n) is 19.7. The van der Waals surface area contributed by atoms with Gasteiger partial charge in [-0.2, -0.15) is 0 Å². The molecule has 33 heavy (non-hydrogen) atoms. The maximum Gasteiger partial charge on any atom is 0.317 e. The summed E-state index contributed by atoms with van der Waals surface area (Å²) in [6.45, 7) is 4.89. The molecule has 0 spiro atoms. The van der Waals surface area contributed by atoms with E-state index in [-0.39, 0.29) is 12.1 Å². The summed E-state index contributed by atoms with van der Waals surface area (Å²) >= 11 is 0. The van der Waals surface area contributed by atoms with E-state index >= 15 is 0 Å². The summed E-state index contributed by atoms with van der Waals surface area (Å²) in [7, 11) is 0. The molecule has 4 heterocycles. The van der Waals surface area contributed by atoms with Crippen molar-refractivity contribution in [2.75, 3.05) is 32.8 Å². The van der Waals surface area contributed by atoms with E-state index in [1.807, 2.05) is 18.2 Å². The summed E-state index contributed by atoms with van der Waals surface area (Å²) < 4.78 is 13.4. The molecule has 1 unspecified atom stereocenters. The molecule has 0 amide bonds. The van der Waals surface area contributed by atoms with Crippen LogP contribution in [0.15, 0.2) is 54.9 Å². The number of benzene rings is 1. The van der Waals surface area contributed by atoms with E-state index in [0.29, 0.717) is 12.5 Å². The van der Waals surface area contributed by atoms with Gasteiger partial charge in [0, 0.05) is 25.0 Å². The number of pyridine rings is 1. The molecule has 4 aliphatic rings. The van der Waals surface area contributed by atoms with Crippen molar-refractivity contribution < 1.29 is 18.8 Å². The van der Waals surface area contributed by atoms with Crippen LogP contribution in [0.25, 0.3) is 0 Å². The zero-order chi connectivity index (χ0) is 22.6. The highest BCUT2D eigenvalue weighted by Gasteiger charge is 2.50. The second-order valence-electron chi connectivity index (χ2n) is 10.4. The average Bonchev–Trinajstić information content (AvgIpc) is 3.13. The van der Waals surface area contributed by atoms with E-state index in [1.165, 1.54) is 25.9 Å². The third kappa shape index (κ3) is 4.79. The van der Waals surface area contributed by atoms with Crippen molar-refractivity contribution in [3.63, 3.8) is 0 Å². The van der Waals surface area contributed by atoms with E-state index < -0.39 is 5.41 Å². The molecule has 3 saturated heterocycles. The number of hydrogen-bond donors (Lipinski definition) is 0. The lowest BCUT2D eigenvalue weighted by molar-refractivity contribution is -0.946. The largest absolute Gasteiger partial charge is 0.486 e. The van der Waals surface area contributed by atoms with Crippen molar-refractivity contribution in [2.24, 2.45) is 5.92 Å². The van der Waals surface area contributed by atoms with Crippen LogP contribution in [0, 0.1) is 5.92 Å². The number of rotatable bonds is 7. The highest BCUT2D eigenvalue weighted by atomic mass is 16.5. The zero-order valence-corrected chi connectivity index (χ0v) is 19.7. The molecule has 4 fully saturated rings. The molecule has 0 radical (unpaired) electrons. The highest BCUT2D eigenvalue weighted by Crippen LogP contribution is 2.42. The van der Waals surface area contributed by atoms with Crippen molar-refractivity contribution in [1.29, 1.82) is 0 Å². The number of aromatic nitrogens is 1. The average molecular weight is 450 g/mol. The topological polar surface area (TPSA) is 48.4 Å². The van der Waals surface area contributed by atoms with Crippen molar-refractivity contribution in [3.05, 3.63) is 60.4 Å². The number of esters is 1. The molecule has 1 aromatic heterocycles. The minimum absolute atomic E-state index is 0.0270. The molecule has 5 heteroatoms. The normalized spacial score (nSPS) is 28.6. The Labute approximate surface area is 197 Å². The van der Waals surface area contributed by atoms with Gasteiger partial charge in [-0.15, -0.1) is 0 Å². The lowest BCUT2D eigenvalue weighted by atomic mass is 9.74. The van der Waals surface area contributed by atoms with E-state index in [2.05, 4.69) is 29.2 Å². The van der Waals surface area contributed by atoms with E-state index in [4.69, 9.17) is 9.47 Å². The number of ether oxygens (including phenoxy) is 2. The standard InChI is InChI=1S/C28H37N2O3/c31-27(28(14-6-1-2-7-15-28)24-9-4-3-5-10-24)33-26-22-30(17-12-23(26)13-18-30)19-20-32-25-11-8-16-29-21-25/h3-5,8-11,16,21,23,26H,1-2,6-7,12-15,17-20,22H2/q+1. The lowest BCUT2D eigenvalue weighted by Crippen LogP contribution is -2.65. The van der Waals surface area contributed by atoms with Gasteiger partial charge in [0.2, 0.25) is 0 Å². The number of fused-ring (bicyclic) bond motifs is 3. The van der Waals surface area contributed by atoms with Gasteiger partial charge in [-0.3, -0.25) is 9.78 Å². The van der Waals surface area contributed by atoms with Crippen LogP contribution in [0.5, 0.6) is 5.75 Å². The second-order valence-corrected chi connectivity index (χ2v) is 10.4. The summed E-state index contributed by atoms with van der Waals surface area (Å²) in [6.07, 6.45) is 12.3. The predicted molar refractivity (Wildman–Crippen MR) is 128 cm³/mol. The quantitative estimate of drug-likeness (QED) is 0.343. The Balaban J connectivity index is 1.27. The van der Waals surface area contributed by atoms with Crippen LogP contribution in [0.4, 0.5) is 0 Å². The first-order valence-electron chi connectivity index (χ1n) is 12.8. The van der Waals surface area contributed by atoms with Crippen LogP contribution in [0.3, 0.4) is 0 Å². The molecule has 5 nitrogen and oxygen atoms in total. The molecule has 176 valence electrons. The smallest absolute Gasteiger partial charge is 0.317 e. The number of quaternary nitrogens is 1. The first-order chi connectivity index (χ1) is 16.2. The Kier molecular flexibility index (Phi) is 6.68. The van der Waals surface area contributed by atoms with Gasteiger partial charge in [0.25, 0.3) is 0 Å². The summed E-state index contributed by atoms with van der Waals surface area (Å²) in [5, 5.41) is 0. The van der Waals surface area contributed by atoms with Crippen molar-refractivity contribution >= 4 is 5.97 Å². The van der Waals surface area contributed by atoms with E-state index in [1.54, 1.807) is 12.4 Å².